The summed E-state index contributed by atoms with van der Waals surface area (Å²) in [5.41, 5.74) is 0.857. The minimum Gasteiger partial charge on any atom is -0.343 e. The molecule has 0 unspecified atom stereocenters. The summed E-state index contributed by atoms with van der Waals surface area (Å²) in [4.78, 5) is 14.6. The molecule has 0 spiro atoms. The summed E-state index contributed by atoms with van der Waals surface area (Å²) >= 11 is 0. The third kappa shape index (κ3) is 5.68. The average Bonchev–Trinajstić information content (AvgIpc) is 2.68. The van der Waals surface area contributed by atoms with Crippen LogP contribution in [0.1, 0.15) is 45.1 Å². The van der Waals surface area contributed by atoms with Gasteiger partial charge < -0.3 is 4.90 Å². The zero-order valence-corrected chi connectivity index (χ0v) is 16.6. The second-order valence-corrected chi connectivity index (χ2v) is 8.52. The van der Waals surface area contributed by atoms with Gasteiger partial charge in [0.25, 0.3) is 0 Å². The van der Waals surface area contributed by atoms with Crippen molar-refractivity contribution in [3.63, 3.8) is 0 Å². The minimum absolute atomic E-state index is 0.0589. The fourth-order valence-corrected chi connectivity index (χ4v) is 4.42. The van der Waals surface area contributed by atoms with Crippen molar-refractivity contribution in [2.45, 2.75) is 39.5 Å². The van der Waals surface area contributed by atoms with Crippen molar-refractivity contribution in [2.24, 2.45) is 5.92 Å². The lowest BCUT2D eigenvalue weighted by atomic mass is 9.96. The molecule has 0 aliphatic carbocycles. The highest BCUT2D eigenvalue weighted by atomic mass is 32.2. The Balaban J connectivity index is 1.92. The van der Waals surface area contributed by atoms with E-state index in [0.29, 0.717) is 25.9 Å². The number of unbranched alkanes of at least 4 members (excludes halogenated alkanes) is 1. The van der Waals surface area contributed by atoms with Gasteiger partial charge in [-0.05, 0) is 37.8 Å². The smallest absolute Gasteiger partial charge is 0.236 e. The van der Waals surface area contributed by atoms with Gasteiger partial charge in [0, 0.05) is 37.5 Å². The van der Waals surface area contributed by atoms with Crippen molar-refractivity contribution in [3.8, 4) is 0 Å². The third-order valence-corrected chi connectivity index (χ3v) is 6.44. The van der Waals surface area contributed by atoms with Gasteiger partial charge in [-0.1, -0.05) is 43.7 Å². The molecular weight excluding hydrogens is 348 g/mol. The van der Waals surface area contributed by atoms with Crippen molar-refractivity contribution in [3.05, 3.63) is 41.3 Å². The second kappa shape index (κ2) is 9.88. The molecule has 26 heavy (non-hydrogen) atoms. The van der Waals surface area contributed by atoms with Gasteiger partial charge in [-0.15, -0.1) is 0 Å². The van der Waals surface area contributed by atoms with Gasteiger partial charge in [0.05, 0.1) is 0 Å². The Hall–Kier alpha value is -1.66. The highest BCUT2D eigenvalue weighted by molar-refractivity contribution is 7.92. The van der Waals surface area contributed by atoms with Gasteiger partial charge in [-0.3, -0.25) is 4.79 Å². The Morgan fingerprint density at radius 2 is 1.85 bits per heavy atom. The summed E-state index contributed by atoms with van der Waals surface area (Å²) in [7, 11) is -3.44. The van der Waals surface area contributed by atoms with E-state index >= 15 is 0 Å². The van der Waals surface area contributed by atoms with Crippen LogP contribution in [0, 0.1) is 5.92 Å². The summed E-state index contributed by atoms with van der Waals surface area (Å²) in [5, 5.41) is 1.27. The van der Waals surface area contributed by atoms with Gasteiger partial charge in [0.15, 0.2) is 0 Å². The first-order chi connectivity index (χ1) is 12.5. The maximum absolute atomic E-state index is 12.6. The largest absolute Gasteiger partial charge is 0.343 e. The number of piperidine rings is 1. The summed E-state index contributed by atoms with van der Waals surface area (Å²) in [6.07, 6.45) is 4.89. The fourth-order valence-electron chi connectivity index (χ4n) is 3.20. The Morgan fingerprint density at radius 3 is 2.42 bits per heavy atom. The van der Waals surface area contributed by atoms with Gasteiger partial charge in [-0.25, -0.2) is 8.42 Å². The predicted octanol–water partition coefficient (Wildman–Crippen LogP) is 3.35. The molecule has 1 fully saturated rings. The van der Waals surface area contributed by atoms with Crippen molar-refractivity contribution in [1.29, 1.82) is 0 Å². The van der Waals surface area contributed by atoms with Gasteiger partial charge in [0.1, 0.15) is 0 Å². The fraction of sp³-hybridized carbons (Fsp3) is 0.550. The topological polar surface area (TPSA) is 57.7 Å². The molecule has 0 N–H and O–H groups in total. The molecule has 1 aliphatic heterocycles. The van der Waals surface area contributed by atoms with Crippen molar-refractivity contribution < 1.29 is 13.2 Å². The van der Waals surface area contributed by atoms with E-state index < -0.39 is 10.0 Å². The molecule has 1 amide bonds. The molecule has 5 nitrogen and oxygen atoms in total. The van der Waals surface area contributed by atoms with Crippen molar-refractivity contribution in [2.75, 3.05) is 26.2 Å². The molecule has 1 saturated heterocycles. The number of sulfonamides is 1. The molecule has 144 valence electrons. The quantitative estimate of drug-likeness (QED) is 0.697. The number of rotatable bonds is 8. The Morgan fingerprint density at radius 1 is 1.19 bits per heavy atom. The van der Waals surface area contributed by atoms with E-state index in [2.05, 4.69) is 6.92 Å². The molecule has 0 bridgehead atoms. The van der Waals surface area contributed by atoms with Crippen LogP contribution in [0.2, 0.25) is 0 Å². The van der Waals surface area contributed by atoms with Crippen LogP contribution in [-0.2, 0) is 14.8 Å². The van der Waals surface area contributed by atoms with E-state index in [4.69, 9.17) is 0 Å². The zero-order valence-electron chi connectivity index (χ0n) is 15.8. The first-order valence-electron chi connectivity index (χ1n) is 9.50. The number of carbonyl (C=O) groups is 1. The monoisotopic (exact) mass is 378 g/mol. The highest BCUT2D eigenvalue weighted by Gasteiger charge is 2.31. The predicted molar refractivity (Wildman–Crippen MR) is 106 cm³/mol. The number of benzene rings is 1. The van der Waals surface area contributed by atoms with E-state index in [9.17, 15) is 13.2 Å². The average molecular weight is 379 g/mol. The lowest BCUT2D eigenvalue weighted by Crippen LogP contribution is -2.44. The number of nitrogens with zero attached hydrogens (tertiary/aromatic N) is 2. The molecule has 0 saturated carbocycles. The molecule has 1 aliphatic rings. The molecule has 1 heterocycles. The van der Waals surface area contributed by atoms with E-state index in [1.165, 1.54) is 9.71 Å². The summed E-state index contributed by atoms with van der Waals surface area (Å²) < 4.78 is 26.5. The van der Waals surface area contributed by atoms with Crippen LogP contribution in [0.15, 0.2) is 35.7 Å². The molecule has 0 atom stereocenters. The number of hydrogen-bond donors (Lipinski definition) is 0. The van der Waals surface area contributed by atoms with Crippen LogP contribution in [0.4, 0.5) is 0 Å². The molecule has 2 rings (SSSR count). The number of amides is 1. The standard InChI is InChI=1S/C20H30N2O3S/c1-3-5-14-21(4-2)20(23)19-11-15-22(16-12-19)26(24,25)17-13-18-9-7-6-8-10-18/h6-10,13,17,19H,3-5,11-12,14-16H2,1-2H3/b17-13+. The minimum atomic E-state index is -3.44. The molecule has 0 radical (unpaired) electrons. The molecule has 1 aromatic rings. The summed E-state index contributed by atoms with van der Waals surface area (Å²) in [5.74, 6) is 0.120. The number of hydrogen-bond acceptors (Lipinski definition) is 3. The van der Waals surface area contributed by atoms with E-state index in [-0.39, 0.29) is 11.8 Å². The molecular formula is C20H30N2O3S. The maximum Gasteiger partial charge on any atom is 0.236 e. The normalized spacial score (nSPS) is 16.8. The summed E-state index contributed by atoms with van der Waals surface area (Å²) in [6.45, 7) is 6.44. The van der Waals surface area contributed by atoms with Crippen LogP contribution in [0.25, 0.3) is 6.08 Å². The SMILES string of the molecule is CCCCN(CC)C(=O)C1CCN(S(=O)(=O)/C=C/c2ccccc2)CC1. The molecule has 6 heteroatoms. The van der Waals surface area contributed by atoms with E-state index in [1.807, 2.05) is 42.2 Å². The van der Waals surface area contributed by atoms with Crippen molar-refractivity contribution in [1.82, 2.24) is 9.21 Å². The first kappa shape index (κ1) is 20.6. The van der Waals surface area contributed by atoms with Gasteiger partial charge >= 0.3 is 0 Å². The van der Waals surface area contributed by atoms with Gasteiger partial charge in [0.2, 0.25) is 15.9 Å². The van der Waals surface area contributed by atoms with Crippen molar-refractivity contribution >= 4 is 22.0 Å². The second-order valence-electron chi connectivity index (χ2n) is 6.70. The third-order valence-electron chi connectivity index (χ3n) is 4.87. The Kier molecular flexibility index (Phi) is 7.85. The molecule has 0 aromatic heterocycles. The Labute approximate surface area is 157 Å². The lowest BCUT2D eigenvalue weighted by molar-refractivity contribution is -0.136. The molecule has 1 aromatic carbocycles. The van der Waals surface area contributed by atoms with Crippen LogP contribution in [0.3, 0.4) is 0 Å². The highest BCUT2D eigenvalue weighted by Crippen LogP contribution is 2.23. The van der Waals surface area contributed by atoms with Crippen LogP contribution in [0.5, 0.6) is 0 Å². The lowest BCUT2D eigenvalue weighted by Gasteiger charge is -2.32. The number of carbonyl (C=O) groups excluding carboxylic acids is 1. The van der Waals surface area contributed by atoms with E-state index in [0.717, 1.165) is 31.5 Å². The maximum atomic E-state index is 12.6. The first-order valence-corrected chi connectivity index (χ1v) is 11.0. The van der Waals surface area contributed by atoms with Crippen LogP contribution in [-0.4, -0.2) is 49.7 Å². The van der Waals surface area contributed by atoms with Gasteiger partial charge in [-0.2, -0.15) is 4.31 Å². The van der Waals surface area contributed by atoms with Crippen LogP contribution < -0.4 is 0 Å². The zero-order chi connectivity index (χ0) is 19.0. The summed E-state index contributed by atoms with van der Waals surface area (Å²) in [6, 6.07) is 9.38. The van der Waals surface area contributed by atoms with Crippen LogP contribution >= 0.6 is 0 Å². The Bertz CT molecular complexity index is 693. The van der Waals surface area contributed by atoms with E-state index in [1.54, 1.807) is 6.08 Å².